The standard InChI is InChI=1S/C15H22O4/c1-4-19-12(18)9-15(5-6-15)13-10(16)7-14(2,3)8-11(13)17/h16H,4-9H2,1-3H3/p-1. The van der Waals surface area contributed by atoms with E-state index in [0.717, 1.165) is 12.8 Å². The third-order valence-electron chi connectivity index (χ3n) is 4.01. The molecule has 4 nitrogen and oxygen atoms in total. The summed E-state index contributed by atoms with van der Waals surface area (Å²) in [5, 5.41) is 12.2. The van der Waals surface area contributed by atoms with Gasteiger partial charge in [0.2, 0.25) is 0 Å². The zero-order valence-electron chi connectivity index (χ0n) is 11.9. The minimum Gasteiger partial charge on any atom is -0.875 e. The molecule has 106 valence electrons. The molecule has 1 fully saturated rings. The van der Waals surface area contributed by atoms with Crippen molar-refractivity contribution in [1.82, 2.24) is 0 Å². The molecule has 4 heteroatoms. The molecule has 0 unspecified atom stereocenters. The van der Waals surface area contributed by atoms with Crippen LogP contribution < -0.4 is 5.11 Å². The summed E-state index contributed by atoms with van der Waals surface area (Å²) < 4.78 is 4.95. The predicted octanol–water partition coefficient (Wildman–Crippen LogP) is 1.72. The largest absolute Gasteiger partial charge is 0.875 e. The van der Waals surface area contributed by atoms with E-state index >= 15 is 0 Å². The van der Waals surface area contributed by atoms with E-state index in [2.05, 4.69) is 0 Å². The first-order valence-corrected chi connectivity index (χ1v) is 6.89. The lowest BCUT2D eigenvalue weighted by atomic mass is 9.72. The van der Waals surface area contributed by atoms with E-state index in [9.17, 15) is 14.7 Å². The maximum atomic E-state index is 12.2. The van der Waals surface area contributed by atoms with Gasteiger partial charge < -0.3 is 9.84 Å². The summed E-state index contributed by atoms with van der Waals surface area (Å²) in [5.41, 5.74) is -0.367. The fourth-order valence-corrected chi connectivity index (χ4v) is 3.01. The second-order valence-electron chi connectivity index (χ2n) is 6.50. The number of allylic oxidation sites excluding steroid dienone is 2. The molecule has 0 aliphatic heterocycles. The Balaban J connectivity index is 2.21. The van der Waals surface area contributed by atoms with Crippen molar-refractivity contribution in [2.75, 3.05) is 6.61 Å². The summed E-state index contributed by atoms with van der Waals surface area (Å²) in [5.74, 6) is -0.441. The summed E-state index contributed by atoms with van der Waals surface area (Å²) in [6.07, 6.45) is 2.48. The van der Waals surface area contributed by atoms with Crippen LogP contribution in [0.2, 0.25) is 0 Å². The van der Waals surface area contributed by atoms with Crippen LogP contribution in [0.1, 0.15) is 52.9 Å². The molecule has 0 saturated heterocycles. The number of ether oxygens (including phenoxy) is 1. The van der Waals surface area contributed by atoms with E-state index in [1.165, 1.54) is 0 Å². The number of carbonyl (C=O) groups is 2. The van der Waals surface area contributed by atoms with E-state index in [1.807, 2.05) is 13.8 Å². The number of Topliss-reactive ketones (excluding diaryl/α,β-unsaturated/α-hetero) is 1. The topological polar surface area (TPSA) is 66.4 Å². The number of ketones is 1. The minimum absolute atomic E-state index is 0.0666. The molecule has 0 radical (unpaired) electrons. The zero-order chi connectivity index (χ0) is 14.3. The van der Waals surface area contributed by atoms with Crippen LogP contribution in [-0.2, 0) is 14.3 Å². The van der Waals surface area contributed by atoms with E-state index < -0.39 is 5.41 Å². The summed E-state index contributed by atoms with van der Waals surface area (Å²) >= 11 is 0. The Labute approximate surface area is 113 Å². The zero-order valence-corrected chi connectivity index (χ0v) is 11.9. The van der Waals surface area contributed by atoms with Gasteiger partial charge in [-0.3, -0.25) is 9.59 Å². The van der Waals surface area contributed by atoms with Crippen LogP contribution in [0, 0.1) is 10.8 Å². The van der Waals surface area contributed by atoms with Gasteiger partial charge in [0.15, 0.2) is 5.78 Å². The molecular weight excluding hydrogens is 244 g/mol. The van der Waals surface area contributed by atoms with Crippen molar-refractivity contribution in [3.05, 3.63) is 11.3 Å². The number of rotatable bonds is 4. The molecule has 0 amide bonds. The molecule has 0 spiro atoms. The van der Waals surface area contributed by atoms with Gasteiger partial charge in [0.25, 0.3) is 0 Å². The molecule has 0 N–H and O–H groups in total. The molecule has 2 rings (SSSR count). The van der Waals surface area contributed by atoms with Crippen LogP contribution in [-0.4, -0.2) is 18.4 Å². The smallest absolute Gasteiger partial charge is 0.306 e. The van der Waals surface area contributed by atoms with Gasteiger partial charge in [0.05, 0.1) is 13.0 Å². The van der Waals surface area contributed by atoms with E-state index in [1.54, 1.807) is 6.92 Å². The molecule has 0 atom stereocenters. The van der Waals surface area contributed by atoms with Crippen LogP contribution in [0.15, 0.2) is 11.3 Å². The number of hydrogen-bond acceptors (Lipinski definition) is 4. The van der Waals surface area contributed by atoms with Crippen molar-refractivity contribution < 1.29 is 19.4 Å². The minimum atomic E-state index is -0.503. The second kappa shape index (κ2) is 4.66. The van der Waals surface area contributed by atoms with Crippen molar-refractivity contribution in [2.45, 2.75) is 52.9 Å². The monoisotopic (exact) mass is 265 g/mol. The molecule has 0 aromatic rings. The lowest BCUT2D eigenvalue weighted by Gasteiger charge is -2.37. The first-order valence-electron chi connectivity index (χ1n) is 6.89. The van der Waals surface area contributed by atoms with Crippen molar-refractivity contribution in [2.24, 2.45) is 10.8 Å². The van der Waals surface area contributed by atoms with Gasteiger partial charge in [0.1, 0.15) is 0 Å². The fourth-order valence-electron chi connectivity index (χ4n) is 3.01. The highest BCUT2D eigenvalue weighted by atomic mass is 16.5. The Morgan fingerprint density at radius 2 is 1.95 bits per heavy atom. The van der Waals surface area contributed by atoms with Gasteiger partial charge in [-0.2, -0.15) is 0 Å². The molecule has 0 aromatic heterocycles. The van der Waals surface area contributed by atoms with Gasteiger partial charge in [0, 0.05) is 11.8 Å². The van der Waals surface area contributed by atoms with Crippen molar-refractivity contribution in [3.63, 3.8) is 0 Å². The molecule has 1 saturated carbocycles. The Hall–Kier alpha value is -1.32. The SMILES string of the molecule is CCOC(=O)CC1(C2=C([O-])CC(C)(C)CC2=O)CC1. The van der Waals surface area contributed by atoms with Gasteiger partial charge in [-0.15, -0.1) is 5.76 Å². The highest BCUT2D eigenvalue weighted by molar-refractivity contribution is 5.99. The van der Waals surface area contributed by atoms with Crippen LogP contribution >= 0.6 is 0 Å². The Bertz CT molecular complexity index is 441. The van der Waals surface area contributed by atoms with Crippen LogP contribution in [0.3, 0.4) is 0 Å². The number of hydrogen-bond donors (Lipinski definition) is 0. The fraction of sp³-hybridized carbons (Fsp3) is 0.733. The van der Waals surface area contributed by atoms with Gasteiger partial charge in [-0.1, -0.05) is 13.8 Å². The number of esters is 1. The molecule has 0 heterocycles. The third-order valence-corrected chi connectivity index (χ3v) is 4.01. The van der Waals surface area contributed by atoms with E-state index in [4.69, 9.17) is 4.74 Å². The normalized spacial score (nSPS) is 24.3. The first kappa shape index (κ1) is 14.1. The number of carbonyl (C=O) groups excluding carboxylic acids is 2. The molecule has 19 heavy (non-hydrogen) atoms. The van der Waals surface area contributed by atoms with Crippen LogP contribution in [0.25, 0.3) is 0 Å². The van der Waals surface area contributed by atoms with Crippen LogP contribution in [0.5, 0.6) is 0 Å². The predicted molar refractivity (Wildman–Crippen MR) is 68.0 cm³/mol. The molecule has 2 aliphatic rings. The molecule has 0 aromatic carbocycles. The summed E-state index contributed by atoms with van der Waals surface area (Å²) in [4.78, 5) is 23.9. The van der Waals surface area contributed by atoms with Crippen molar-refractivity contribution in [3.8, 4) is 0 Å². The van der Waals surface area contributed by atoms with E-state index in [-0.39, 0.29) is 29.3 Å². The summed E-state index contributed by atoms with van der Waals surface area (Å²) in [6, 6.07) is 0. The maximum absolute atomic E-state index is 12.2. The maximum Gasteiger partial charge on any atom is 0.306 e. The first-order chi connectivity index (χ1) is 8.80. The summed E-state index contributed by atoms with van der Waals surface area (Å²) in [6.45, 7) is 5.96. The average molecular weight is 265 g/mol. The van der Waals surface area contributed by atoms with Crippen molar-refractivity contribution >= 4 is 11.8 Å². The third kappa shape index (κ3) is 2.82. The average Bonchev–Trinajstić information content (AvgIpc) is 2.94. The molecule has 0 bridgehead atoms. The van der Waals surface area contributed by atoms with E-state index in [0.29, 0.717) is 25.0 Å². The highest BCUT2D eigenvalue weighted by Crippen LogP contribution is 2.58. The lowest BCUT2D eigenvalue weighted by Crippen LogP contribution is -2.34. The molecular formula is C15H21O4-. The Morgan fingerprint density at radius 1 is 1.32 bits per heavy atom. The second-order valence-corrected chi connectivity index (χ2v) is 6.50. The quantitative estimate of drug-likeness (QED) is 0.726. The van der Waals surface area contributed by atoms with Gasteiger partial charge in [-0.25, -0.2) is 0 Å². The lowest BCUT2D eigenvalue weighted by molar-refractivity contribution is -0.313. The van der Waals surface area contributed by atoms with Crippen molar-refractivity contribution in [1.29, 1.82) is 0 Å². The van der Waals surface area contributed by atoms with Crippen LogP contribution in [0.4, 0.5) is 0 Å². The molecule has 2 aliphatic carbocycles. The Morgan fingerprint density at radius 3 is 2.42 bits per heavy atom. The Kier molecular flexibility index (Phi) is 3.45. The highest BCUT2D eigenvalue weighted by Gasteiger charge is 2.51. The van der Waals surface area contributed by atoms with Gasteiger partial charge >= 0.3 is 5.97 Å². The summed E-state index contributed by atoms with van der Waals surface area (Å²) in [7, 11) is 0. The van der Waals surface area contributed by atoms with Gasteiger partial charge in [-0.05, 0) is 37.2 Å².